The molecular weight excluding hydrogens is 292 g/mol. The smallest absolute Gasteiger partial charge is 0.275 e. The Bertz CT molecular complexity index is 767. The van der Waals surface area contributed by atoms with E-state index in [-0.39, 0.29) is 11.3 Å². The SMILES string of the molecule is COc1ccc(C(=O)N/N=C(/C)c2cc(C)ccc2C)c(O)c1. The number of ether oxygens (including phenoxy) is 1. The highest BCUT2D eigenvalue weighted by Gasteiger charge is 2.12. The summed E-state index contributed by atoms with van der Waals surface area (Å²) in [6.45, 7) is 5.82. The maximum absolute atomic E-state index is 12.1. The molecule has 0 aromatic heterocycles. The summed E-state index contributed by atoms with van der Waals surface area (Å²) in [5, 5.41) is 14.0. The minimum absolute atomic E-state index is 0.142. The molecule has 0 aliphatic rings. The molecule has 2 N–H and O–H groups in total. The van der Waals surface area contributed by atoms with E-state index in [0.717, 1.165) is 16.7 Å². The first-order chi connectivity index (χ1) is 10.9. The van der Waals surface area contributed by atoms with Crippen LogP contribution in [0, 0.1) is 13.8 Å². The van der Waals surface area contributed by atoms with Gasteiger partial charge in [-0.3, -0.25) is 4.79 Å². The molecule has 0 bridgehead atoms. The highest BCUT2D eigenvalue weighted by atomic mass is 16.5. The second-order valence-corrected chi connectivity index (χ2v) is 5.34. The molecule has 1 amide bonds. The molecule has 0 saturated heterocycles. The van der Waals surface area contributed by atoms with Crippen molar-refractivity contribution in [2.45, 2.75) is 20.8 Å². The number of methoxy groups -OCH3 is 1. The normalized spacial score (nSPS) is 11.2. The predicted octanol–water partition coefficient (Wildman–Crippen LogP) is 3.17. The molecule has 5 heteroatoms. The lowest BCUT2D eigenvalue weighted by Gasteiger charge is -2.08. The number of aryl methyl sites for hydroxylation is 2. The monoisotopic (exact) mass is 312 g/mol. The number of benzene rings is 2. The molecule has 2 aromatic rings. The molecule has 0 spiro atoms. The Morgan fingerprint density at radius 1 is 1.13 bits per heavy atom. The summed E-state index contributed by atoms with van der Waals surface area (Å²) in [4.78, 5) is 12.1. The lowest BCUT2D eigenvalue weighted by molar-refractivity contribution is 0.0952. The van der Waals surface area contributed by atoms with Gasteiger partial charge in [0.2, 0.25) is 0 Å². The molecule has 0 unspecified atom stereocenters. The molecular formula is C18H20N2O3. The number of hydrazone groups is 1. The van der Waals surface area contributed by atoms with Crippen LogP contribution in [0.15, 0.2) is 41.5 Å². The van der Waals surface area contributed by atoms with Gasteiger partial charge in [-0.25, -0.2) is 5.43 Å². The number of amides is 1. The molecule has 5 nitrogen and oxygen atoms in total. The molecule has 23 heavy (non-hydrogen) atoms. The number of phenols is 1. The highest BCUT2D eigenvalue weighted by molar-refractivity contribution is 6.02. The first-order valence-electron chi connectivity index (χ1n) is 7.21. The highest BCUT2D eigenvalue weighted by Crippen LogP contribution is 2.23. The van der Waals surface area contributed by atoms with E-state index in [1.54, 1.807) is 6.07 Å². The molecule has 0 fully saturated rings. The Morgan fingerprint density at radius 3 is 2.52 bits per heavy atom. The first-order valence-corrected chi connectivity index (χ1v) is 7.21. The van der Waals surface area contributed by atoms with Gasteiger partial charge in [-0.15, -0.1) is 0 Å². The zero-order valence-electron chi connectivity index (χ0n) is 13.7. The number of carbonyl (C=O) groups is 1. The van der Waals surface area contributed by atoms with Crippen molar-refractivity contribution >= 4 is 11.6 Å². The van der Waals surface area contributed by atoms with E-state index in [1.807, 2.05) is 39.0 Å². The van der Waals surface area contributed by atoms with Crippen LogP contribution in [0.2, 0.25) is 0 Å². The number of hydrogen-bond donors (Lipinski definition) is 2. The van der Waals surface area contributed by atoms with Gasteiger partial charge in [-0.05, 0) is 44.5 Å². The fraction of sp³-hybridized carbons (Fsp3) is 0.222. The maximum atomic E-state index is 12.1. The number of rotatable bonds is 4. The van der Waals surface area contributed by atoms with Gasteiger partial charge in [0.25, 0.3) is 5.91 Å². The number of carbonyl (C=O) groups excluding carboxylic acids is 1. The van der Waals surface area contributed by atoms with Gasteiger partial charge in [0.15, 0.2) is 0 Å². The van der Waals surface area contributed by atoms with Crippen LogP contribution < -0.4 is 10.2 Å². The maximum Gasteiger partial charge on any atom is 0.275 e. The minimum Gasteiger partial charge on any atom is -0.507 e. The van der Waals surface area contributed by atoms with E-state index in [0.29, 0.717) is 11.5 Å². The van der Waals surface area contributed by atoms with Crippen LogP contribution in [-0.4, -0.2) is 23.8 Å². The summed E-state index contributed by atoms with van der Waals surface area (Å²) in [5.41, 5.74) is 6.50. The van der Waals surface area contributed by atoms with E-state index in [1.165, 1.54) is 19.2 Å². The van der Waals surface area contributed by atoms with Gasteiger partial charge in [0.1, 0.15) is 11.5 Å². The average molecular weight is 312 g/mol. The molecule has 0 aliphatic heterocycles. The van der Waals surface area contributed by atoms with Gasteiger partial charge in [0, 0.05) is 11.6 Å². The number of nitrogens with zero attached hydrogens (tertiary/aromatic N) is 1. The lowest BCUT2D eigenvalue weighted by atomic mass is 10.0. The van der Waals surface area contributed by atoms with Gasteiger partial charge in [-0.2, -0.15) is 5.10 Å². The summed E-state index contributed by atoms with van der Waals surface area (Å²) < 4.78 is 4.99. The Balaban J connectivity index is 2.18. The van der Waals surface area contributed by atoms with Crippen molar-refractivity contribution in [3.63, 3.8) is 0 Å². The number of nitrogens with one attached hydrogen (secondary N) is 1. The van der Waals surface area contributed by atoms with Crippen molar-refractivity contribution < 1.29 is 14.6 Å². The van der Waals surface area contributed by atoms with Crippen LogP contribution in [0.5, 0.6) is 11.5 Å². The van der Waals surface area contributed by atoms with E-state index in [4.69, 9.17) is 4.74 Å². The zero-order chi connectivity index (χ0) is 17.0. The lowest BCUT2D eigenvalue weighted by Crippen LogP contribution is -2.19. The molecule has 0 heterocycles. The topological polar surface area (TPSA) is 70.9 Å². The third-order valence-electron chi connectivity index (χ3n) is 3.56. The Kier molecular flexibility index (Phi) is 5.01. The third-order valence-corrected chi connectivity index (χ3v) is 3.56. The van der Waals surface area contributed by atoms with E-state index < -0.39 is 5.91 Å². The number of aromatic hydroxyl groups is 1. The van der Waals surface area contributed by atoms with Crippen LogP contribution in [0.25, 0.3) is 0 Å². The van der Waals surface area contributed by atoms with Crippen LogP contribution in [0.3, 0.4) is 0 Å². The van der Waals surface area contributed by atoms with Crippen LogP contribution in [0.1, 0.15) is 34.0 Å². The Morgan fingerprint density at radius 2 is 1.87 bits per heavy atom. The molecule has 2 rings (SSSR count). The molecule has 0 radical (unpaired) electrons. The van der Waals surface area contributed by atoms with Crippen molar-refractivity contribution in [2.75, 3.05) is 7.11 Å². The van der Waals surface area contributed by atoms with Crippen LogP contribution >= 0.6 is 0 Å². The minimum atomic E-state index is -0.477. The van der Waals surface area contributed by atoms with Crippen LogP contribution in [0.4, 0.5) is 0 Å². The second kappa shape index (κ2) is 6.96. The largest absolute Gasteiger partial charge is 0.507 e. The van der Waals surface area contributed by atoms with Crippen molar-refractivity contribution in [3.05, 3.63) is 58.7 Å². The van der Waals surface area contributed by atoms with Gasteiger partial charge in [0.05, 0.1) is 18.4 Å². The van der Waals surface area contributed by atoms with Crippen LogP contribution in [-0.2, 0) is 0 Å². The van der Waals surface area contributed by atoms with Crippen molar-refractivity contribution in [3.8, 4) is 11.5 Å². The first kappa shape index (κ1) is 16.5. The zero-order valence-corrected chi connectivity index (χ0v) is 13.7. The van der Waals surface area contributed by atoms with Gasteiger partial charge < -0.3 is 9.84 Å². The van der Waals surface area contributed by atoms with Gasteiger partial charge >= 0.3 is 0 Å². The fourth-order valence-corrected chi connectivity index (χ4v) is 2.21. The molecule has 0 saturated carbocycles. The van der Waals surface area contributed by atoms with E-state index in [9.17, 15) is 9.90 Å². The van der Waals surface area contributed by atoms with E-state index >= 15 is 0 Å². The quantitative estimate of drug-likeness (QED) is 0.673. The van der Waals surface area contributed by atoms with E-state index in [2.05, 4.69) is 10.5 Å². The molecule has 120 valence electrons. The van der Waals surface area contributed by atoms with Crippen molar-refractivity contribution in [2.24, 2.45) is 5.10 Å². The summed E-state index contributed by atoms with van der Waals surface area (Å²) in [6.07, 6.45) is 0. The number of phenolic OH excluding ortho intramolecular Hbond substituents is 1. The standard InChI is InChI=1S/C18H20N2O3/c1-11-5-6-12(2)16(9-11)13(3)19-20-18(22)15-8-7-14(23-4)10-17(15)21/h5-10,21H,1-4H3,(H,20,22)/b19-13-. The third kappa shape index (κ3) is 3.88. The summed E-state index contributed by atoms with van der Waals surface area (Å²) in [6, 6.07) is 10.5. The molecule has 0 aliphatic carbocycles. The molecule has 2 aromatic carbocycles. The molecule has 0 atom stereocenters. The average Bonchev–Trinajstić information content (AvgIpc) is 2.54. The fourth-order valence-electron chi connectivity index (χ4n) is 2.21. The Hall–Kier alpha value is -2.82. The summed E-state index contributed by atoms with van der Waals surface area (Å²) in [5.74, 6) is -0.148. The van der Waals surface area contributed by atoms with Crippen molar-refractivity contribution in [1.82, 2.24) is 5.43 Å². The summed E-state index contributed by atoms with van der Waals surface area (Å²) in [7, 11) is 1.49. The predicted molar refractivity (Wildman–Crippen MR) is 90.3 cm³/mol. The van der Waals surface area contributed by atoms with Crippen molar-refractivity contribution in [1.29, 1.82) is 0 Å². The number of hydrogen-bond acceptors (Lipinski definition) is 4. The summed E-state index contributed by atoms with van der Waals surface area (Å²) >= 11 is 0. The second-order valence-electron chi connectivity index (χ2n) is 5.34. The van der Waals surface area contributed by atoms with Gasteiger partial charge in [-0.1, -0.05) is 17.7 Å². The Labute approximate surface area is 135 Å².